The third-order valence-electron chi connectivity index (χ3n) is 12.3. The zero-order valence-corrected chi connectivity index (χ0v) is 23.9. The van der Waals surface area contributed by atoms with Gasteiger partial charge in [-0.2, -0.15) is 0 Å². The standard InChI is InChI=1S/C31H42O8/c1-7-29(35)15-14-19-20(13-12-18-10-9-11-21(32)27(18,19)5)30(36)24(33)23-26(4)16-22(38-25(34)17(26)3)28(6,37-8-2)31(23,29)39-30/h9-10,12,17,19-20,22-23,35-36H,7-8,11,13-16H2,1-6H3/t17-,19?,20?,22?,23?,26?,27+,28+,29+,30+,31+/m1/s1. The summed E-state index contributed by atoms with van der Waals surface area (Å²) in [5, 5.41) is 25.4. The Hall–Kier alpha value is -1.87. The van der Waals surface area contributed by atoms with Crippen molar-refractivity contribution in [2.24, 2.45) is 34.5 Å². The largest absolute Gasteiger partial charge is 0.459 e. The minimum absolute atomic E-state index is 0.0438. The Morgan fingerprint density at radius 1 is 1.10 bits per heavy atom. The fraction of sp³-hybridized carbons (Fsp3) is 0.774. The van der Waals surface area contributed by atoms with Crippen LogP contribution in [-0.4, -0.2) is 63.0 Å². The summed E-state index contributed by atoms with van der Waals surface area (Å²) in [7, 11) is 0. The molecule has 0 amide bonds. The fourth-order valence-corrected chi connectivity index (χ4v) is 9.83. The van der Waals surface area contributed by atoms with Crippen molar-refractivity contribution in [3.63, 3.8) is 0 Å². The van der Waals surface area contributed by atoms with Gasteiger partial charge in [0, 0.05) is 18.9 Å². The van der Waals surface area contributed by atoms with Crippen LogP contribution < -0.4 is 0 Å². The van der Waals surface area contributed by atoms with Gasteiger partial charge in [0.1, 0.15) is 23.1 Å². The molecule has 6 rings (SSSR count). The zero-order valence-electron chi connectivity index (χ0n) is 23.9. The summed E-state index contributed by atoms with van der Waals surface area (Å²) in [5.41, 5.74) is -5.63. The molecule has 4 bridgehead atoms. The molecule has 8 nitrogen and oxygen atoms in total. The maximum Gasteiger partial charge on any atom is 0.309 e. The van der Waals surface area contributed by atoms with E-state index in [2.05, 4.69) is 0 Å². The molecule has 3 aliphatic heterocycles. The molecule has 2 N–H and O–H groups in total. The Bertz CT molecular complexity index is 1210. The third kappa shape index (κ3) is 2.87. The van der Waals surface area contributed by atoms with E-state index in [4.69, 9.17) is 14.2 Å². The van der Waals surface area contributed by atoms with Gasteiger partial charge in [0.05, 0.1) is 22.9 Å². The summed E-state index contributed by atoms with van der Waals surface area (Å²) in [6, 6.07) is 0. The molecule has 1 saturated carbocycles. The van der Waals surface area contributed by atoms with Crippen molar-refractivity contribution in [3.8, 4) is 0 Å². The van der Waals surface area contributed by atoms with Gasteiger partial charge in [0.15, 0.2) is 5.78 Å². The third-order valence-corrected chi connectivity index (χ3v) is 12.3. The first-order valence-electron chi connectivity index (χ1n) is 14.7. The summed E-state index contributed by atoms with van der Waals surface area (Å²) < 4.78 is 19.3. The lowest BCUT2D eigenvalue weighted by Crippen LogP contribution is -2.81. The van der Waals surface area contributed by atoms with Gasteiger partial charge in [-0.1, -0.05) is 39.0 Å². The smallest absolute Gasteiger partial charge is 0.309 e. The molecule has 11 atom stereocenters. The lowest BCUT2D eigenvalue weighted by molar-refractivity contribution is -0.388. The number of rotatable bonds is 3. The SMILES string of the molecule is CCO[C@@]1(C)C2CC(C)(C3C(=O)[C@@]4(O)O[C@@]31[C@](O)(CC)CCC1C4CC=C3C=CCC(=O)[C@@]31C)[C@H](C)C(=O)O2. The second-order valence-electron chi connectivity index (χ2n) is 13.5. The lowest BCUT2D eigenvalue weighted by atomic mass is 9.45. The van der Waals surface area contributed by atoms with E-state index in [0.29, 0.717) is 19.3 Å². The van der Waals surface area contributed by atoms with Gasteiger partial charge >= 0.3 is 5.97 Å². The van der Waals surface area contributed by atoms with E-state index in [1.54, 1.807) is 13.8 Å². The normalized spacial score (nSPS) is 54.1. The van der Waals surface area contributed by atoms with Gasteiger partial charge in [0.25, 0.3) is 0 Å². The van der Waals surface area contributed by atoms with Crippen LogP contribution in [0.2, 0.25) is 0 Å². The number of ketones is 2. The van der Waals surface area contributed by atoms with Gasteiger partial charge in [-0.3, -0.25) is 14.4 Å². The molecular formula is C31H42O8. The van der Waals surface area contributed by atoms with Crippen molar-refractivity contribution in [2.45, 2.75) is 109 Å². The molecule has 0 aromatic rings. The Balaban J connectivity index is 1.64. The monoisotopic (exact) mass is 542 g/mol. The highest BCUT2D eigenvalue weighted by Gasteiger charge is 2.86. The van der Waals surface area contributed by atoms with E-state index >= 15 is 0 Å². The van der Waals surface area contributed by atoms with Crippen molar-refractivity contribution < 1.29 is 38.8 Å². The molecule has 1 spiro atoms. The molecule has 0 aromatic carbocycles. The lowest BCUT2D eigenvalue weighted by Gasteiger charge is -2.67. The number of ether oxygens (including phenoxy) is 3. The Labute approximate surface area is 230 Å². The predicted octanol–water partition coefficient (Wildman–Crippen LogP) is 3.43. The van der Waals surface area contributed by atoms with E-state index < -0.39 is 74.9 Å². The van der Waals surface area contributed by atoms with E-state index in [1.807, 2.05) is 45.9 Å². The van der Waals surface area contributed by atoms with Crippen LogP contribution >= 0.6 is 0 Å². The Kier molecular flexibility index (Phi) is 5.68. The molecule has 6 aliphatic rings. The second kappa shape index (κ2) is 8.11. The van der Waals surface area contributed by atoms with Crippen LogP contribution in [0.15, 0.2) is 23.8 Å². The highest BCUT2D eigenvalue weighted by Crippen LogP contribution is 2.71. The first kappa shape index (κ1) is 27.3. The van der Waals surface area contributed by atoms with Crippen LogP contribution in [0.5, 0.6) is 0 Å². The summed E-state index contributed by atoms with van der Waals surface area (Å²) in [5.74, 6) is -5.94. The molecule has 5 unspecified atom stereocenters. The Morgan fingerprint density at radius 2 is 1.82 bits per heavy atom. The average molecular weight is 543 g/mol. The number of esters is 1. The van der Waals surface area contributed by atoms with Gasteiger partial charge in [-0.15, -0.1) is 0 Å². The molecule has 3 heterocycles. The first-order valence-corrected chi connectivity index (χ1v) is 14.7. The van der Waals surface area contributed by atoms with Crippen LogP contribution in [0.3, 0.4) is 0 Å². The second-order valence-corrected chi connectivity index (χ2v) is 13.5. The molecular weight excluding hydrogens is 500 g/mol. The van der Waals surface area contributed by atoms with Gasteiger partial charge in [0.2, 0.25) is 5.79 Å². The van der Waals surface area contributed by atoms with Crippen LogP contribution in [0.25, 0.3) is 0 Å². The highest BCUT2D eigenvalue weighted by atomic mass is 16.7. The molecule has 8 heteroatoms. The van der Waals surface area contributed by atoms with E-state index in [1.165, 1.54) is 0 Å². The number of aliphatic hydroxyl groups is 2. The molecule has 3 saturated heterocycles. The minimum Gasteiger partial charge on any atom is -0.459 e. The van der Waals surface area contributed by atoms with Crippen molar-refractivity contribution >= 4 is 17.5 Å². The average Bonchev–Trinajstić information content (AvgIpc) is 3.16. The molecule has 0 aromatic heterocycles. The van der Waals surface area contributed by atoms with Crippen LogP contribution in [0.4, 0.5) is 0 Å². The predicted molar refractivity (Wildman–Crippen MR) is 140 cm³/mol. The number of Topliss-reactive ketones (excluding diaryl/α,β-unsaturated/α-hetero) is 2. The van der Waals surface area contributed by atoms with E-state index in [0.717, 1.165) is 5.57 Å². The van der Waals surface area contributed by atoms with Gasteiger partial charge in [-0.25, -0.2) is 0 Å². The quantitative estimate of drug-likeness (QED) is 0.521. The molecule has 4 fully saturated rings. The number of hydrogen-bond acceptors (Lipinski definition) is 8. The summed E-state index contributed by atoms with van der Waals surface area (Å²) in [6.45, 7) is 11.2. The highest BCUT2D eigenvalue weighted by molar-refractivity contribution is 5.95. The minimum atomic E-state index is -2.27. The van der Waals surface area contributed by atoms with Crippen molar-refractivity contribution in [2.75, 3.05) is 6.61 Å². The number of carbonyl (C=O) groups is 3. The summed E-state index contributed by atoms with van der Waals surface area (Å²) in [6.07, 6.45) is 6.93. The molecule has 39 heavy (non-hydrogen) atoms. The van der Waals surface area contributed by atoms with Crippen molar-refractivity contribution in [3.05, 3.63) is 23.8 Å². The maximum atomic E-state index is 14.9. The van der Waals surface area contributed by atoms with Crippen molar-refractivity contribution in [1.29, 1.82) is 0 Å². The van der Waals surface area contributed by atoms with E-state index in [-0.39, 0.29) is 31.7 Å². The number of allylic oxidation sites excluding steroid dienone is 4. The fourth-order valence-electron chi connectivity index (χ4n) is 9.83. The van der Waals surface area contributed by atoms with Crippen molar-refractivity contribution in [1.82, 2.24) is 0 Å². The van der Waals surface area contributed by atoms with Gasteiger partial charge < -0.3 is 24.4 Å². The first-order chi connectivity index (χ1) is 18.2. The molecule has 3 aliphatic carbocycles. The zero-order chi connectivity index (χ0) is 28.4. The number of hydrogen-bond donors (Lipinski definition) is 2. The van der Waals surface area contributed by atoms with E-state index in [9.17, 15) is 24.6 Å². The molecule has 0 radical (unpaired) electrons. The number of carbonyl (C=O) groups excluding carboxylic acids is 3. The summed E-state index contributed by atoms with van der Waals surface area (Å²) in [4.78, 5) is 41.6. The topological polar surface area (TPSA) is 119 Å². The van der Waals surface area contributed by atoms with Crippen LogP contribution in [0.1, 0.15) is 80.1 Å². The maximum absolute atomic E-state index is 14.9. The Morgan fingerprint density at radius 3 is 2.49 bits per heavy atom. The summed E-state index contributed by atoms with van der Waals surface area (Å²) >= 11 is 0. The number of fused-ring (bicyclic) bond motifs is 8. The van der Waals surface area contributed by atoms with Crippen LogP contribution in [0, 0.1) is 34.5 Å². The van der Waals surface area contributed by atoms with Crippen LogP contribution in [-0.2, 0) is 28.6 Å². The molecule has 214 valence electrons. The van der Waals surface area contributed by atoms with Gasteiger partial charge in [-0.05, 0) is 69.8 Å².